The van der Waals surface area contributed by atoms with Gasteiger partial charge in [0.2, 0.25) is 5.91 Å². The summed E-state index contributed by atoms with van der Waals surface area (Å²) in [5, 5.41) is 13.0. The van der Waals surface area contributed by atoms with E-state index in [1.165, 1.54) is 0 Å². The standard InChI is InChI=1S/C13H18N6O2/c1-21-6-9-4-8(18-19-9)5-15-13(20)12-11-10(2-3-14-12)16-7-17-11/h4,7,12,14H,2-3,5-6H2,1H3,(H,15,20)(H,16,17)(H,18,19)/t12-/m0/s1. The van der Waals surface area contributed by atoms with Crippen LogP contribution in [0.3, 0.4) is 0 Å². The number of nitrogens with one attached hydrogen (secondary N) is 4. The molecule has 0 saturated carbocycles. The molecule has 21 heavy (non-hydrogen) atoms. The Morgan fingerprint density at radius 1 is 1.57 bits per heavy atom. The fourth-order valence-electron chi connectivity index (χ4n) is 2.44. The lowest BCUT2D eigenvalue weighted by molar-refractivity contribution is -0.123. The highest BCUT2D eigenvalue weighted by atomic mass is 16.5. The van der Waals surface area contributed by atoms with Gasteiger partial charge in [-0.25, -0.2) is 4.98 Å². The Kier molecular flexibility index (Phi) is 3.98. The molecule has 0 fully saturated rings. The van der Waals surface area contributed by atoms with Crippen LogP contribution in [0.2, 0.25) is 0 Å². The second-order valence-electron chi connectivity index (χ2n) is 4.94. The smallest absolute Gasteiger partial charge is 0.243 e. The minimum absolute atomic E-state index is 0.0917. The van der Waals surface area contributed by atoms with Gasteiger partial charge in [-0.1, -0.05) is 0 Å². The minimum atomic E-state index is -0.402. The van der Waals surface area contributed by atoms with Crippen LogP contribution in [0, 0.1) is 0 Å². The summed E-state index contributed by atoms with van der Waals surface area (Å²) in [4.78, 5) is 19.6. The number of rotatable bonds is 5. The first-order valence-electron chi connectivity index (χ1n) is 6.83. The Morgan fingerprint density at radius 2 is 2.48 bits per heavy atom. The van der Waals surface area contributed by atoms with Crippen LogP contribution < -0.4 is 10.6 Å². The second kappa shape index (κ2) is 6.06. The SMILES string of the molecule is COCc1cc(CNC(=O)[C@H]2NCCc3[nH]cnc32)[nH]n1. The molecule has 2 aromatic heterocycles. The largest absolute Gasteiger partial charge is 0.378 e. The number of fused-ring (bicyclic) bond motifs is 1. The summed E-state index contributed by atoms with van der Waals surface area (Å²) < 4.78 is 5.00. The Balaban J connectivity index is 1.60. The number of hydrogen-bond acceptors (Lipinski definition) is 5. The van der Waals surface area contributed by atoms with Gasteiger partial charge in [0.25, 0.3) is 0 Å². The number of aromatic amines is 2. The Hall–Kier alpha value is -2.19. The van der Waals surface area contributed by atoms with Crippen molar-refractivity contribution < 1.29 is 9.53 Å². The first-order chi connectivity index (χ1) is 10.3. The van der Waals surface area contributed by atoms with Crippen LogP contribution in [-0.4, -0.2) is 39.7 Å². The average Bonchev–Trinajstić information content (AvgIpc) is 3.13. The lowest BCUT2D eigenvalue weighted by Crippen LogP contribution is -2.41. The van der Waals surface area contributed by atoms with Crippen LogP contribution in [0.4, 0.5) is 0 Å². The maximum absolute atomic E-state index is 12.3. The van der Waals surface area contributed by atoms with Crippen molar-refractivity contribution in [1.82, 2.24) is 30.8 Å². The van der Waals surface area contributed by atoms with Gasteiger partial charge < -0.3 is 20.4 Å². The highest BCUT2D eigenvalue weighted by molar-refractivity contribution is 5.83. The number of methoxy groups -OCH3 is 1. The summed E-state index contributed by atoms with van der Waals surface area (Å²) in [6.45, 7) is 1.61. The summed E-state index contributed by atoms with van der Waals surface area (Å²) in [6.07, 6.45) is 2.49. The third-order valence-electron chi connectivity index (χ3n) is 3.44. The van der Waals surface area contributed by atoms with Gasteiger partial charge in [-0.15, -0.1) is 0 Å². The number of hydrogen-bond donors (Lipinski definition) is 4. The minimum Gasteiger partial charge on any atom is -0.378 e. The monoisotopic (exact) mass is 290 g/mol. The number of carbonyl (C=O) groups is 1. The predicted molar refractivity (Wildman–Crippen MR) is 74.2 cm³/mol. The van der Waals surface area contributed by atoms with Crippen LogP contribution in [0.5, 0.6) is 0 Å². The third kappa shape index (κ3) is 2.96. The van der Waals surface area contributed by atoms with E-state index in [0.29, 0.717) is 13.2 Å². The third-order valence-corrected chi connectivity index (χ3v) is 3.44. The molecule has 0 saturated heterocycles. The van der Waals surface area contributed by atoms with Gasteiger partial charge in [-0.2, -0.15) is 5.10 Å². The normalized spacial score (nSPS) is 17.5. The average molecular weight is 290 g/mol. The molecule has 0 bridgehead atoms. The van der Waals surface area contributed by atoms with E-state index in [2.05, 4.69) is 30.8 Å². The van der Waals surface area contributed by atoms with Crippen LogP contribution in [0.25, 0.3) is 0 Å². The van der Waals surface area contributed by atoms with Crippen LogP contribution >= 0.6 is 0 Å². The number of H-pyrrole nitrogens is 2. The van der Waals surface area contributed by atoms with Gasteiger partial charge in [0.1, 0.15) is 6.04 Å². The number of imidazole rings is 1. The molecule has 0 radical (unpaired) electrons. The number of carbonyl (C=O) groups excluding carboxylic acids is 1. The molecule has 0 spiro atoms. The zero-order valence-electron chi connectivity index (χ0n) is 11.8. The second-order valence-corrected chi connectivity index (χ2v) is 4.94. The summed E-state index contributed by atoms with van der Waals surface area (Å²) in [7, 11) is 1.62. The van der Waals surface area contributed by atoms with Crippen LogP contribution in [0.15, 0.2) is 12.4 Å². The van der Waals surface area contributed by atoms with Gasteiger partial charge in [0.15, 0.2) is 0 Å². The van der Waals surface area contributed by atoms with E-state index < -0.39 is 6.04 Å². The van der Waals surface area contributed by atoms with Gasteiger partial charge in [-0.05, 0) is 6.07 Å². The van der Waals surface area contributed by atoms with Crippen LogP contribution in [-0.2, 0) is 29.1 Å². The van der Waals surface area contributed by atoms with Crippen molar-refractivity contribution in [3.8, 4) is 0 Å². The lowest BCUT2D eigenvalue weighted by atomic mass is 10.1. The van der Waals surface area contributed by atoms with E-state index in [4.69, 9.17) is 4.74 Å². The van der Waals surface area contributed by atoms with E-state index in [1.807, 2.05) is 6.07 Å². The molecule has 4 N–H and O–H groups in total. The molecule has 8 heteroatoms. The summed E-state index contributed by atoms with van der Waals surface area (Å²) >= 11 is 0. The zero-order valence-corrected chi connectivity index (χ0v) is 11.8. The molecule has 0 unspecified atom stereocenters. The molecule has 0 aromatic carbocycles. The molecule has 1 amide bonds. The van der Waals surface area contributed by atoms with Crippen molar-refractivity contribution >= 4 is 5.91 Å². The van der Waals surface area contributed by atoms with E-state index in [1.54, 1.807) is 13.4 Å². The van der Waals surface area contributed by atoms with E-state index in [-0.39, 0.29) is 5.91 Å². The van der Waals surface area contributed by atoms with Crippen molar-refractivity contribution in [3.63, 3.8) is 0 Å². The molecule has 1 aliphatic rings. The number of ether oxygens (including phenoxy) is 1. The van der Waals surface area contributed by atoms with E-state index in [9.17, 15) is 4.79 Å². The predicted octanol–water partition coefficient (Wildman–Crippen LogP) is -0.218. The fraction of sp³-hybridized carbons (Fsp3) is 0.462. The molecule has 0 aliphatic carbocycles. The highest BCUT2D eigenvalue weighted by Gasteiger charge is 2.28. The number of nitrogens with zero attached hydrogens (tertiary/aromatic N) is 2. The van der Waals surface area contributed by atoms with Crippen molar-refractivity contribution in [3.05, 3.63) is 35.2 Å². The van der Waals surface area contributed by atoms with E-state index >= 15 is 0 Å². The molecule has 112 valence electrons. The topological polar surface area (TPSA) is 108 Å². The Bertz CT molecular complexity index is 620. The maximum Gasteiger partial charge on any atom is 0.243 e. The highest BCUT2D eigenvalue weighted by Crippen LogP contribution is 2.19. The van der Waals surface area contributed by atoms with Crippen LogP contribution in [0.1, 0.15) is 28.8 Å². The van der Waals surface area contributed by atoms with E-state index in [0.717, 1.165) is 35.7 Å². The molecular weight excluding hydrogens is 272 g/mol. The first kappa shape index (κ1) is 13.8. The fourth-order valence-corrected chi connectivity index (χ4v) is 2.44. The van der Waals surface area contributed by atoms with Crippen molar-refractivity contribution in [2.45, 2.75) is 25.6 Å². The molecule has 3 rings (SSSR count). The zero-order chi connectivity index (χ0) is 14.7. The summed E-state index contributed by atoms with van der Waals surface area (Å²) in [6, 6.07) is 1.47. The number of aromatic nitrogens is 4. The Labute approximate surface area is 121 Å². The summed E-state index contributed by atoms with van der Waals surface area (Å²) in [5.74, 6) is -0.0917. The maximum atomic E-state index is 12.3. The van der Waals surface area contributed by atoms with Crippen molar-refractivity contribution in [1.29, 1.82) is 0 Å². The van der Waals surface area contributed by atoms with Gasteiger partial charge in [0, 0.05) is 25.8 Å². The molecular formula is C13H18N6O2. The molecule has 1 aliphatic heterocycles. The van der Waals surface area contributed by atoms with Crippen molar-refractivity contribution in [2.75, 3.05) is 13.7 Å². The quantitative estimate of drug-likeness (QED) is 0.609. The summed E-state index contributed by atoms with van der Waals surface area (Å²) in [5.41, 5.74) is 3.46. The van der Waals surface area contributed by atoms with Gasteiger partial charge in [-0.3, -0.25) is 9.89 Å². The van der Waals surface area contributed by atoms with Gasteiger partial charge >= 0.3 is 0 Å². The van der Waals surface area contributed by atoms with Gasteiger partial charge in [0.05, 0.1) is 36.6 Å². The first-order valence-corrected chi connectivity index (χ1v) is 6.83. The number of amides is 1. The van der Waals surface area contributed by atoms with Crippen molar-refractivity contribution in [2.24, 2.45) is 0 Å². The molecule has 2 aromatic rings. The Morgan fingerprint density at radius 3 is 3.33 bits per heavy atom. The lowest BCUT2D eigenvalue weighted by Gasteiger charge is -2.21. The molecule has 1 atom stereocenters. The molecule has 8 nitrogen and oxygen atoms in total. The molecule has 3 heterocycles.